The van der Waals surface area contributed by atoms with Crippen molar-refractivity contribution in [3.05, 3.63) is 68.5 Å². The zero-order valence-corrected chi connectivity index (χ0v) is 17.4. The quantitative estimate of drug-likeness (QED) is 0.497. The lowest BCUT2D eigenvalue weighted by Gasteiger charge is -2.10. The van der Waals surface area contributed by atoms with E-state index in [1.807, 2.05) is 6.07 Å². The molecule has 2 aromatic rings. The third kappa shape index (κ3) is 5.05. The number of aliphatic carboxylic acids is 1. The first-order chi connectivity index (χ1) is 13.3. The van der Waals surface area contributed by atoms with Crippen LogP contribution in [-0.4, -0.2) is 32.7 Å². The van der Waals surface area contributed by atoms with E-state index < -0.39 is 18.4 Å². The number of nitrogens with zero attached hydrogens (tertiary/aromatic N) is 1. The molecule has 1 amide bonds. The second-order valence-electron chi connectivity index (χ2n) is 5.76. The summed E-state index contributed by atoms with van der Waals surface area (Å²) in [5.41, 5.74) is 1.53. The SMILES string of the molecule is O=C(O)CN1C(=O)C(=Cc2cccc(OCc3ccc(Cl)cc3Cl)c2)SC1=S. The Kier molecular flexibility index (Phi) is 6.61. The number of hydrogen-bond donors (Lipinski definition) is 1. The van der Waals surface area contributed by atoms with Gasteiger partial charge in [0.1, 0.15) is 23.2 Å². The van der Waals surface area contributed by atoms with Gasteiger partial charge in [0.05, 0.1) is 4.91 Å². The minimum Gasteiger partial charge on any atom is -0.489 e. The molecule has 0 radical (unpaired) electrons. The van der Waals surface area contributed by atoms with Crippen LogP contribution < -0.4 is 4.74 Å². The Morgan fingerprint density at radius 3 is 2.75 bits per heavy atom. The van der Waals surface area contributed by atoms with Gasteiger partial charge in [-0.3, -0.25) is 14.5 Å². The van der Waals surface area contributed by atoms with E-state index in [4.69, 9.17) is 45.3 Å². The number of carbonyl (C=O) groups is 2. The Labute approximate surface area is 180 Å². The molecule has 0 unspecified atom stereocenters. The van der Waals surface area contributed by atoms with Crippen molar-refractivity contribution in [1.82, 2.24) is 4.90 Å². The van der Waals surface area contributed by atoms with Crippen LogP contribution >= 0.6 is 47.2 Å². The summed E-state index contributed by atoms with van der Waals surface area (Å²) in [6.45, 7) is -0.187. The molecule has 2 aromatic carbocycles. The smallest absolute Gasteiger partial charge is 0.323 e. The van der Waals surface area contributed by atoms with Crippen molar-refractivity contribution in [2.24, 2.45) is 0 Å². The molecular weight excluding hydrogens is 441 g/mol. The highest BCUT2D eigenvalue weighted by Gasteiger charge is 2.33. The maximum Gasteiger partial charge on any atom is 0.323 e. The van der Waals surface area contributed by atoms with Gasteiger partial charge >= 0.3 is 5.97 Å². The molecule has 28 heavy (non-hydrogen) atoms. The molecule has 5 nitrogen and oxygen atoms in total. The van der Waals surface area contributed by atoms with Gasteiger partial charge in [-0.1, -0.05) is 65.4 Å². The van der Waals surface area contributed by atoms with E-state index >= 15 is 0 Å². The van der Waals surface area contributed by atoms with Gasteiger partial charge in [0.15, 0.2) is 0 Å². The molecule has 3 rings (SSSR count). The number of carboxylic acid groups (broad SMARTS) is 1. The van der Waals surface area contributed by atoms with Crippen LogP contribution in [0.4, 0.5) is 0 Å². The predicted octanol–water partition coefficient (Wildman–Crippen LogP) is 4.86. The average Bonchev–Trinajstić information content (AvgIpc) is 2.88. The Hall–Kier alpha value is -2.06. The Balaban J connectivity index is 1.73. The minimum absolute atomic E-state index is 0.225. The largest absolute Gasteiger partial charge is 0.489 e. The fraction of sp³-hybridized carbons (Fsp3) is 0.105. The van der Waals surface area contributed by atoms with E-state index in [1.165, 1.54) is 0 Å². The second-order valence-corrected chi connectivity index (χ2v) is 8.28. The summed E-state index contributed by atoms with van der Waals surface area (Å²) in [6.07, 6.45) is 1.66. The van der Waals surface area contributed by atoms with Crippen LogP contribution in [-0.2, 0) is 16.2 Å². The van der Waals surface area contributed by atoms with Gasteiger partial charge in [-0.25, -0.2) is 0 Å². The number of rotatable bonds is 6. The third-order valence-electron chi connectivity index (χ3n) is 3.73. The summed E-state index contributed by atoms with van der Waals surface area (Å²) in [6, 6.07) is 12.3. The van der Waals surface area contributed by atoms with Gasteiger partial charge in [-0.2, -0.15) is 0 Å². The maximum atomic E-state index is 12.3. The number of thiocarbonyl (C=S) groups is 1. The van der Waals surface area contributed by atoms with E-state index in [9.17, 15) is 9.59 Å². The van der Waals surface area contributed by atoms with Crippen molar-refractivity contribution in [2.45, 2.75) is 6.61 Å². The molecule has 1 heterocycles. The number of amides is 1. The van der Waals surface area contributed by atoms with Crippen LogP contribution in [0.15, 0.2) is 47.4 Å². The van der Waals surface area contributed by atoms with Crippen LogP contribution in [0.3, 0.4) is 0 Å². The summed E-state index contributed by atoms with van der Waals surface area (Å²) in [4.78, 5) is 24.6. The zero-order valence-electron chi connectivity index (χ0n) is 14.2. The molecular formula is C19H13Cl2NO4S2. The monoisotopic (exact) mass is 453 g/mol. The van der Waals surface area contributed by atoms with Crippen molar-refractivity contribution >= 4 is 69.5 Å². The minimum atomic E-state index is -1.12. The topological polar surface area (TPSA) is 66.8 Å². The lowest BCUT2D eigenvalue weighted by Crippen LogP contribution is -2.33. The molecule has 1 aliphatic rings. The lowest BCUT2D eigenvalue weighted by molar-refractivity contribution is -0.140. The molecule has 0 spiro atoms. The van der Waals surface area contributed by atoms with E-state index in [0.717, 1.165) is 27.8 Å². The van der Waals surface area contributed by atoms with Crippen molar-refractivity contribution in [3.63, 3.8) is 0 Å². The van der Waals surface area contributed by atoms with Crippen LogP contribution in [0.1, 0.15) is 11.1 Å². The highest BCUT2D eigenvalue weighted by molar-refractivity contribution is 8.26. The molecule has 0 aliphatic carbocycles. The second kappa shape index (κ2) is 8.96. The molecule has 1 N–H and O–H groups in total. The van der Waals surface area contributed by atoms with Crippen LogP contribution in [0.2, 0.25) is 10.0 Å². The summed E-state index contributed by atoms with van der Waals surface area (Å²) < 4.78 is 6.00. The van der Waals surface area contributed by atoms with Crippen molar-refractivity contribution in [1.29, 1.82) is 0 Å². The number of benzene rings is 2. The number of carbonyl (C=O) groups excluding carboxylic acids is 1. The molecule has 0 aromatic heterocycles. The molecule has 0 saturated carbocycles. The van der Waals surface area contributed by atoms with Crippen LogP contribution in [0.5, 0.6) is 5.75 Å². The molecule has 9 heteroatoms. The third-order valence-corrected chi connectivity index (χ3v) is 5.70. The number of thioether (sulfide) groups is 1. The number of ether oxygens (including phenoxy) is 1. The zero-order chi connectivity index (χ0) is 20.3. The number of hydrogen-bond acceptors (Lipinski definition) is 5. The van der Waals surface area contributed by atoms with E-state index in [2.05, 4.69) is 0 Å². The number of halogens is 2. The Morgan fingerprint density at radius 2 is 2.04 bits per heavy atom. The Bertz CT molecular complexity index is 994. The van der Waals surface area contributed by atoms with E-state index in [1.54, 1.807) is 42.5 Å². The summed E-state index contributed by atoms with van der Waals surface area (Å²) in [5, 5.41) is 9.97. The first-order valence-corrected chi connectivity index (χ1v) is 9.95. The number of carboxylic acids is 1. The van der Waals surface area contributed by atoms with Crippen molar-refractivity contribution < 1.29 is 19.4 Å². The fourth-order valence-corrected chi connectivity index (χ4v) is 4.14. The molecule has 1 saturated heterocycles. The van der Waals surface area contributed by atoms with Gasteiger partial charge in [-0.15, -0.1) is 0 Å². The molecule has 1 aliphatic heterocycles. The first-order valence-electron chi connectivity index (χ1n) is 7.97. The van der Waals surface area contributed by atoms with Crippen LogP contribution in [0.25, 0.3) is 6.08 Å². The summed E-state index contributed by atoms with van der Waals surface area (Å²) in [7, 11) is 0. The molecule has 144 valence electrons. The average molecular weight is 454 g/mol. The summed E-state index contributed by atoms with van der Waals surface area (Å²) in [5.74, 6) is -0.939. The highest BCUT2D eigenvalue weighted by Crippen LogP contribution is 2.33. The normalized spacial score (nSPS) is 15.4. The van der Waals surface area contributed by atoms with E-state index in [0.29, 0.717) is 20.7 Å². The fourth-order valence-electron chi connectivity index (χ4n) is 2.42. The molecule has 0 atom stereocenters. The molecule has 1 fully saturated rings. The van der Waals surface area contributed by atoms with E-state index in [-0.39, 0.29) is 10.9 Å². The Morgan fingerprint density at radius 1 is 1.25 bits per heavy atom. The van der Waals surface area contributed by atoms with Gasteiger partial charge in [-0.05, 0) is 35.9 Å². The van der Waals surface area contributed by atoms with Gasteiger partial charge < -0.3 is 9.84 Å². The van der Waals surface area contributed by atoms with Crippen molar-refractivity contribution in [2.75, 3.05) is 6.54 Å². The predicted molar refractivity (Wildman–Crippen MR) is 115 cm³/mol. The van der Waals surface area contributed by atoms with Crippen molar-refractivity contribution in [3.8, 4) is 5.75 Å². The first kappa shape index (κ1) is 20.7. The molecule has 0 bridgehead atoms. The van der Waals surface area contributed by atoms with Crippen LogP contribution in [0, 0.1) is 0 Å². The van der Waals surface area contributed by atoms with Gasteiger partial charge in [0, 0.05) is 15.6 Å². The summed E-state index contributed by atoms with van der Waals surface area (Å²) >= 11 is 18.2. The van der Waals surface area contributed by atoms with Gasteiger partial charge in [0.25, 0.3) is 5.91 Å². The standard InChI is InChI=1S/C19H13Cl2NO4S2/c20-13-5-4-12(15(21)8-13)10-26-14-3-1-2-11(6-14)7-16-18(25)22(9-17(23)24)19(27)28-16/h1-8H,9-10H2,(H,23,24). The van der Waals surface area contributed by atoms with Gasteiger partial charge in [0.2, 0.25) is 0 Å². The lowest BCUT2D eigenvalue weighted by atomic mass is 10.2. The highest BCUT2D eigenvalue weighted by atomic mass is 35.5. The maximum absolute atomic E-state index is 12.3.